The molecule has 0 spiro atoms. The van der Waals surface area contributed by atoms with Crippen molar-refractivity contribution in [3.63, 3.8) is 0 Å². The lowest BCUT2D eigenvalue weighted by molar-refractivity contribution is -0.121. The van der Waals surface area contributed by atoms with E-state index in [-0.39, 0.29) is 5.91 Å². The summed E-state index contributed by atoms with van der Waals surface area (Å²) in [5, 5.41) is 12.0. The molecule has 2 heterocycles. The van der Waals surface area contributed by atoms with E-state index in [1.54, 1.807) is 0 Å². The van der Waals surface area contributed by atoms with Gasteiger partial charge in [-0.25, -0.2) is 0 Å². The molecule has 16 heavy (non-hydrogen) atoms. The number of hydrogen-bond acceptors (Lipinski definition) is 3. The highest BCUT2D eigenvalue weighted by atomic mass is 16.3. The van der Waals surface area contributed by atoms with Crippen LogP contribution in [0.25, 0.3) is 0 Å². The number of carbonyl (C=O) groups is 1. The van der Waals surface area contributed by atoms with Crippen molar-refractivity contribution in [2.75, 3.05) is 26.2 Å². The van der Waals surface area contributed by atoms with Gasteiger partial charge in [0, 0.05) is 25.6 Å². The molecular weight excluding hydrogens is 204 g/mol. The first kappa shape index (κ1) is 11.9. The van der Waals surface area contributed by atoms with Gasteiger partial charge in [0.25, 0.3) is 0 Å². The monoisotopic (exact) mass is 226 g/mol. The van der Waals surface area contributed by atoms with Crippen LogP contribution in [0.4, 0.5) is 0 Å². The van der Waals surface area contributed by atoms with Crippen LogP contribution < -0.4 is 5.32 Å². The number of hydrogen-bond donors (Lipinski definition) is 2. The summed E-state index contributed by atoms with van der Waals surface area (Å²) in [5.74, 6) is 0.683. The van der Waals surface area contributed by atoms with Gasteiger partial charge in [-0.3, -0.25) is 9.69 Å². The maximum absolute atomic E-state index is 11.5. The molecule has 0 saturated carbocycles. The summed E-state index contributed by atoms with van der Waals surface area (Å²) in [4.78, 5) is 13.9. The smallest absolute Gasteiger partial charge is 0.221 e. The molecule has 0 aromatic heterocycles. The summed E-state index contributed by atoms with van der Waals surface area (Å²) in [7, 11) is 0. The van der Waals surface area contributed by atoms with E-state index in [0.29, 0.717) is 25.0 Å². The highest BCUT2D eigenvalue weighted by Gasteiger charge is 2.27. The van der Waals surface area contributed by atoms with E-state index in [1.807, 2.05) is 0 Å². The number of rotatable bonds is 2. The Morgan fingerprint density at radius 2 is 2.06 bits per heavy atom. The summed E-state index contributed by atoms with van der Waals surface area (Å²) in [5.41, 5.74) is 0. The van der Waals surface area contributed by atoms with Crippen molar-refractivity contribution in [3.05, 3.63) is 0 Å². The lowest BCUT2D eigenvalue weighted by Gasteiger charge is -2.36. The van der Waals surface area contributed by atoms with Gasteiger partial charge in [-0.2, -0.15) is 0 Å². The molecule has 2 saturated heterocycles. The zero-order valence-electron chi connectivity index (χ0n) is 9.82. The molecule has 0 radical (unpaired) electrons. The molecule has 4 nitrogen and oxygen atoms in total. The Hall–Kier alpha value is -0.610. The summed E-state index contributed by atoms with van der Waals surface area (Å²) in [6.45, 7) is 3.24. The second-order valence-electron chi connectivity index (χ2n) is 5.01. The second-order valence-corrected chi connectivity index (χ2v) is 5.01. The number of amides is 1. The third-order valence-electron chi connectivity index (χ3n) is 3.88. The average molecular weight is 226 g/mol. The molecule has 1 unspecified atom stereocenters. The fourth-order valence-corrected chi connectivity index (χ4v) is 2.77. The van der Waals surface area contributed by atoms with Gasteiger partial charge in [0.15, 0.2) is 0 Å². The van der Waals surface area contributed by atoms with Gasteiger partial charge in [-0.15, -0.1) is 0 Å². The van der Waals surface area contributed by atoms with Crippen LogP contribution >= 0.6 is 0 Å². The molecular formula is C12H22N2O2. The zero-order chi connectivity index (χ0) is 11.4. The maximum atomic E-state index is 11.5. The Labute approximate surface area is 97.0 Å². The molecule has 2 N–H and O–H groups in total. The van der Waals surface area contributed by atoms with E-state index in [4.69, 9.17) is 5.11 Å². The molecule has 4 heteroatoms. The highest BCUT2D eigenvalue weighted by Crippen LogP contribution is 2.22. The summed E-state index contributed by atoms with van der Waals surface area (Å²) >= 11 is 0. The van der Waals surface area contributed by atoms with Crippen LogP contribution in [0.1, 0.15) is 32.1 Å². The van der Waals surface area contributed by atoms with Gasteiger partial charge < -0.3 is 10.4 Å². The molecule has 0 aromatic rings. The van der Waals surface area contributed by atoms with Crippen molar-refractivity contribution < 1.29 is 9.90 Å². The SMILES string of the molecule is O=C1CC(N2CCC(CO)CC2)CCCN1. The predicted octanol–water partition coefficient (Wildman–Crippen LogP) is 0.359. The summed E-state index contributed by atoms with van der Waals surface area (Å²) in [6, 6.07) is 0.433. The molecule has 92 valence electrons. The third kappa shape index (κ3) is 2.95. The van der Waals surface area contributed by atoms with Crippen molar-refractivity contribution in [1.82, 2.24) is 10.2 Å². The first-order chi connectivity index (χ1) is 7.79. The van der Waals surface area contributed by atoms with Crippen molar-refractivity contribution in [2.45, 2.75) is 38.1 Å². The number of carbonyl (C=O) groups excluding carboxylic acids is 1. The normalized spacial score (nSPS) is 29.8. The second kappa shape index (κ2) is 5.64. The van der Waals surface area contributed by atoms with E-state index in [2.05, 4.69) is 10.2 Å². The van der Waals surface area contributed by atoms with Crippen LogP contribution in [0.3, 0.4) is 0 Å². The molecule has 2 rings (SSSR count). The quantitative estimate of drug-likeness (QED) is 0.715. The number of aliphatic hydroxyl groups excluding tert-OH is 1. The fraction of sp³-hybridized carbons (Fsp3) is 0.917. The Bertz CT molecular complexity index is 237. The van der Waals surface area contributed by atoms with Crippen LogP contribution in [0, 0.1) is 5.92 Å². The Balaban J connectivity index is 1.85. The largest absolute Gasteiger partial charge is 0.396 e. The topological polar surface area (TPSA) is 52.6 Å². The van der Waals surface area contributed by atoms with E-state index in [9.17, 15) is 4.79 Å². The van der Waals surface area contributed by atoms with Gasteiger partial charge in [0.05, 0.1) is 0 Å². The summed E-state index contributed by atoms with van der Waals surface area (Å²) < 4.78 is 0. The molecule has 0 bridgehead atoms. The van der Waals surface area contributed by atoms with Gasteiger partial charge in [-0.1, -0.05) is 0 Å². The minimum Gasteiger partial charge on any atom is -0.396 e. The number of nitrogens with zero attached hydrogens (tertiary/aromatic N) is 1. The number of nitrogens with one attached hydrogen (secondary N) is 1. The van der Waals surface area contributed by atoms with E-state index >= 15 is 0 Å². The van der Waals surface area contributed by atoms with Gasteiger partial charge >= 0.3 is 0 Å². The van der Waals surface area contributed by atoms with Crippen molar-refractivity contribution in [1.29, 1.82) is 0 Å². The lowest BCUT2D eigenvalue weighted by atomic mass is 9.95. The Kier molecular flexibility index (Phi) is 4.18. The van der Waals surface area contributed by atoms with Crippen LogP contribution in [0.15, 0.2) is 0 Å². The molecule has 2 fully saturated rings. The molecule has 2 aliphatic rings. The van der Waals surface area contributed by atoms with E-state index in [1.165, 1.54) is 0 Å². The molecule has 0 aromatic carbocycles. The molecule has 0 aliphatic carbocycles. The van der Waals surface area contributed by atoms with Crippen molar-refractivity contribution >= 4 is 5.91 Å². The first-order valence-electron chi connectivity index (χ1n) is 6.41. The minimum atomic E-state index is 0.201. The van der Waals surface area contributed by atoms with Crippen LogP contribution in [-0.2, 0) is 4.79 Å². The highest BCUT2D eigenvalue weighted by molar-refractivity contribution is 5.76. The standard InChI is InChI=1S/C12H22N2O2/c15-9-10-3-6-14(7-4-10)11-2-1-5-13-12(16)8-11/h10-11,15H,1-9H2,(H,13,16). The lowest BCUT2D eigenvalue weighted by Crippen LogP contribution is -2.43. The number of aliphatic hydroxyl groups is 1. The number of piperidine rings is 1. The Morgan fingerprint density at radius 3 is 2.75 bits per heavy atom. The third-order valence-corrected chi connectivity index (χ3v) is 3.88. The van der Waals surface area contributed by atoms with Crippen LogP contribution in [-0.4, -0.2) is 48.2 Å². The maximum Gasteiger partial charge on any atom is 0.221 e. The molecule has 1 atom stereocenters. The van der Waals surface area contributed by atoms with Gasteiger partial charge in [-0.05, 0) is 44.7 Å². The minimum absolute atomic E-state index is 0.201. The molecule has 1 amide bonds. The van der Waals surface area contributed by atoms with Gasteiger partial charge in [0.2, 0.25) is 5.91 Å². The molecule has 2 aliphatic heterocycles. The fourth-order valence-electron chi connectivity index (χ4n) is 2.77. The van der Waals surface area contributed by atoms with E-state index < -0.39 is 0 Å². The van der Waals surface area contributed by atoms with E-state index in [0.717, 1.165) is 45.3 Å². The van der Waals surface area contributed by atoms with Crippen molar-refractivity contribution in [3.8, 4) is 0 Å². The first-order valence-corrected chi connectivity index (χ1v) is 6.41. The zero-order valence-corrected chi connectivity index (χ0v) is 9.82. The van der Waals surface area contributed by atoms with Crippen molar-refractivity contribution in [2.24, 2.45) is 5.92 Å². The Morgan fingerprint density at radius 1 is 1.31 bits per heavy atom. The number of likely N-dealkylation sites (tertiary alicyclic amines) is 1. The van der Waals surface area contributed by atoms with Gasteiger partial charge in [0.1, 0.15) is 0 Å². The van der Waals surface area contributed by atoms with Crippen LogP contribution in [0.2, 0.25) is 0 Å². The average Bonchev–Trinajstić information content (AvgIpc) is 2.54. The van der Waals surface area contributed by atoms with Crippen LogP contribution in [0.5, 0.6) is 0 Å². The summed E-state index contributed by atoms with van der Waals surface area (Å²) in [6.07, 6.45) is 5.03. The predicted molar refractivity (Wildman–Crippen MR) is 62.0 cm³/mol.